The summed E-state index contributed by atoms with van der Waals surface area (Å²) in [5.41, 5.74) is 1.05. The molecule has 36 heavy (non-hydrogen) atoms. The van der Waals surface area contributed by atoms with Crippen LogP contribution in [0.3, 0.4) is 0 Å². The van der Waals surface area contributed by atoms with Crippen LogP contribution in [0.15, 0.2) is 82.0 Å². The van der Waals surface area contributed by atoms with Gasteiger partial charge in [0.2, 0.25) is 0 Å². The Hall–Kier alpha value is -3.63. The highest BCUT2D eigenvalue weighted by atomic mass is 32.2. The van der Waals surface area contributed by atoms with Gasteiger partial charge in [0, 0.05) is 40.7 Å². The molecule has 0 radical (unpaired) electrons. The SMILES string of the molecule is CC1=C(C(=O)O)C(c2cccc([N+](=O)[O-])c2)C(C(=O)OCCCNCCSc2ccccc2)=C(C)N1. The van der Waals surface area contributed by atoms with Gasteiger partial charge in [-0.2, -0.15) is 0 Å². The third-order valence-corrected chi connectivity index (χ3v) is 6.66. The Kier molecular flexibility index (Phi) is 9.66. The van der Waals surface area contributed by atoms with Crippen LogP contribution >= 0.6 is 11.8 Å². The zero-order chi connectivity index (χ0) is 26.1. The first-order valence-corrected chi connectivity index (χ1v) is 12.5. The van der Waals surface area contributed by atoms with Gasteiger partial charge in [0.05, 0.1) is 28.6 Å². The molecule has 2 aromatic carbocycles. The second kappa shape index (κ2) is 12.9. The third-order valence-electron chi connectivity index (χ3n) is 5.65. The number of benzene rings is 2. The van der Waals surface area contributed by atoms with Crippen molar-refractivity contribution in [2.24, 2.45) is 0 Å². The number of esters is 1. The Labute approximate surface area is 213 Å². The van der Waals surface area contributed by atoms with E-state index in [0.717, 1.165) is 12.3 Å². The van der Waals surface area contributed by atoms with Crippen LogP contribution in [0.25, 0.3) is 0 Å². The molecule has 3 rings (SSSR count). The first kappa shape index (κ1) is 27.0. The Balaban J connectivity index is 1.61. The van der Waals surface area contributed by atoms with Crippen molar-refractivity contribution in [1.82, 2.24) is 10.6 Å². The van der Waals surface area contributed by atoms with Crippen molar-refractivity contribution < 1.29 is 24.4 Å². The van der Waals surface area contributed by atoms with E-state index < -0.39 is 22.8 Å². The lowest BCUT2D eigenvalue weighted by atomic mass is 9.80. The number of carbonyl (C=O) groups is 2. The van der Waals surface area contributed by atoms with Gasteiger partial charge in [0.15, 0.2) is 0 Å². The lowest BCUT2D eigenvalue weighted by molar-refractivity contribution is -0.384. The Morgan fingerprint density at radius 3 is 2.50 bits per heavy atom. The fourth-order valence-electron chi connectivity index (χ4n) is 4.02. The lowest BCUT2D eigenvalue weighted by Gasteiger charge is -2.29. The van der Waals surface area contributed by atoms with E-state index in [1.807, 2.05) is 18.2 Å². The molecule has 3 N–H and O–H groups in total. The van der Waals surface area contributed by atoms with Crippen molar-refractivity contribution in [2.45, 2.75) is 31.1 Å². The summed E-state index contributed by atoms with van der Waals surface area (Å²) in [6.45, 7) is 4.88. The molecule has 190 valence electrons. The van der Waals surface area contributed by atoms with E-state index in [2.05, 4.69) is 22.8 Å². The Morgan fingerprint density at radius 2 is 1.81 bits per heavy atom. The number of hydrogen-bond donors (Lipinski definition) is 3. The molecule has 0 spiro atoms. The number of ether oxygens (including phenoxy) is 1. The van der Waals surface area contributed by atoms with Gasteiger partial charge in [-0.3, -0.25) is 10.1 Å². The molecule has 1 aliphatic rings. The smallest absolute Gasteiger partial charge is 0.336 e. The van der Waals surface area contributed by atoms with Crippen LogP contribution in [-0.4, -0.2) is 47.4 Å². The summed E-state index contributed by atoms with van der Waals surface area (Å²) in [4.78, 5) is 37.1. The van der Waals surface area contributed by atoms with Gasteiger partial charge in [-0.25, -0.2) is 9.59 Å². The summed E-state index contributed by atoms with van der Waals surface area (Å²) in [7, 11) is 0. The number of aliphatic carboxylic acids is 1. The number of carboxylic acid groups (broad SMARTS) is 1. The highest BCUT2D eigenvalue weighted by molar-refractivity contribution is 7.99. The number of dihydropyridines is 1. The van der Waals surface area contributed by atoms with Crippen LogP contribution in [0.5, 0.6) is 0 Å². The predicted molar refractivity (Wildman–Crippen MR) is 138 cm³/mol. The molecule has 1 unspecified atom stereocenters. The number of allylic oxidation sites excluding steroid dienone is 2. The van der Waals surface area contributed by atoms with Crippen molar-refractivity contribution in [3.63, 3.8) is 0 Å². The van der Waals surface area contributed by atoms with E-state index in [4.69, 9.17) is 4.74 Å². The third kappa shape index (κ3) is 6.96. The van der Waals surface area contributed by atoms with Crippen LogP contribution in [0.2, 0.25) is 0 Å². The number of nitrogens with one attached hydrogen (secondary N) is 2. The van der Waals surface area contributed by atoms with Gasteiger partial charge >= 0.3 is 11.9 Å². The second-order valence-electron chi connectivity index (χ2n) is 8.19. The zero-order valence-corrected chi connectivity index (χ0v) is 21.0. The van der Waals surface area contributed by atoms with E-state index in [-0.39, 0.29) is 23.4 Å². The van der Waals surface area contributed by atoms with Gasteiger partial charge in [0.1, 0.15) is 0 Å². The van der Waals surface area contributed by atoms with Crippen molar-refractivity contribution in [3.05, 3.63) is 92.8 Å². The number of hydrogen-bond acceptors (Lipinski definition) is 8. The number of non-ortho nitro benzene ring substituents is 1. The number of carbonyl (C=O) groups excluding carboxylic acids is 1. The molecule has 1 aliphatic heterocycles. The molecule has 2 aromatic rings. The molecule has 9 nitrogen and oxygen atoms in total. The van der Waals surface area contributed by atoms with E-state index in [9.17, 15) is 24.8 Å². The highest BCUT2D eigenvalue weighted by Crippen LogP contribution is 2.39. The molecular weight excluding hydrogens is 482 g/mol. The number of nitro benzene ring substituents is 1. The maximum atomic E-state index is 13.1. The van der Waals surface area contributed by atoms with E-state index in [0.29, 0.717) is 29.9 Å². The fraction of sp³-hybridized carbons (Fsp3) is 0.308. The molecule has 0 bridgehead atoms. The Bertz CT molecular complexity index is 1180. The van der Waals surface area contributed by atoms with Gasteiger partial charge in [-0.15, -0.1) is 11.8 Å². The van der Waals surface area contributed by atoms with Gasteiger partial charge in [0.25, 0.3) is 5.69 Å². The summed E-state index contributed by atoms with van der Waals surface area (Å²) in [6.07, 6.45) is 0.587. The van der Waals surface area contributed by atoms with Gasteiger partial charge in [-0.05, 0) is 44.5 Å². The number of nitro groups is 1. The van der Waals surface area contributed by atoms with Gasteiger partial charge in [-0.1, -0.05) is 30.3 Å². The largest absolute Gasteiger partial charge is 0.478 e. The van der Waals surface area contributed by atoms with E-state index >= 15 is 0 Å². The lowest BCUT2D eigenvalue weighted by Crippen LogP contribution is -2.32. The van der Waals surface area contributed by atoms with Gasteiger partial charge < -0.3 is 20.5 Å². The highest BCUT2D eigenvalue weighted by Gasteiger charge is 2.37. The van der Waals surface area contributed by atoms with Crippen LogP contribution in [0.4, 0.5) is 5.69 Å². The van der Waals surface area contributed by atoms with Crippen LogP contribution < -0.4 is 10.6 Å². The summed E-state index contributed by atoms with van der Waals surface area (Å²) < 4.78 is 5.49. The number of carboxylic acids is 1. The quantitative estimate of drug-likeness (QED) is 0.126. The van der Waals surface area contributed by atoms with Crippen LogP contribution in [0.1, 0.15) is 31.7 Å². The number of thioether (sulfide) groups is 1. The molecule has 1 atom stereocenters. The Morgan fingerprint density at radius 1 is 1.08 bits per heavy atom. The minimum atomic E-state index is -1.22. The molecule has 0 aliphatic carbocycles. The summed E-state index contributed by atoms with van der Waals surface area (Å²) in [5.74, 6) is -1.95. The summed E-state index contributed by atoms with van der Waals surface area (Å²) in [5, 5.41) is 27.4. The maximum absolute atomic E-state index is 13.1. The molecule has 1 heterocycles. The first-order valence-electron chi connectivity index (χ1n) is 11.5. The minimum Gasteiger partial charge on any atom is -0.478 e. The number of nitrogens with zero attached hydrogens (tertiary/aromatic N) is 1. The molecule has 0 saturated heterocycles. The maximum Gasteiger partial charge on any atom is 0.336 e. The summed E-state index contributed by atoms with van der Waals surface area (Å²) in [6, 6.07) is 15.8. The molecule has 0 fully saturated rings. The average Bonchev–Trinajstić information content (AvgIpc) is 2.85. The monoisotopic (exact) mass is 511 g/mol. The van der Waals surface area contributed by atoms with Crippen molar-refractivity contribution in [1.29, 1.82) is 0 Å². The fourth-order valence-corrected chi connectivity index (χ4v) is 4.85. The van der Waals surface area contributed by atoms with Crippen LogP contribution in [-0.2, 0) is 14.3 Å². The molecule has 0 saturated carbocycles. The molecule has 10 heteroatoms. The minimum absolute atomic E-state index is 0.0503. The van der Waals surface area contributed by atoms with E-state index in [1.54, 1.807) is 31.7 Å². The topological polar surface area (TPSA) is 131 Å². The van der Waals surface area contributed by atoms with Crippen molar-refractivity contribution in [3.8, 4) is 0 Å². The first-order chi connectivity index (χ1) is 17.3. The zero-order valence-electron chi connectivity index (χ0n) is 20.2. The van der Waals surface area contributed by atoms with Crippen molar-refractivity contribution >= 4 is 29.4 Å². The molecule has 0 amide bonds. The number of rotatable bonds is 12. The summed E-state index contributed by atoms with van der Waals surface area (Å²) >= 11 is 1.76. The van der Waals surface area contributed by atoms with Crippen molar-refractivity contribution in [2.75, 3.05) is 25.4 Å². The van der Waals surface area contributed by atoms with E-state index in [1.165, 1.54) is 23.1 Å². The second-order valence-corrected chi connectivity index (χ2v) is 9.36. The predicted octanol–water partition coefficient (Wildman–Crippen LogP) is 4.23. The average molecular weight is 512 g/mol. The normalized spacial score (nSPS) is 15.4. The molecular formula is C26H29N3O6S. The molecule has 0 aromatic heterocycles. The standard InChI is InChI=1S/C26H29N3O6S/c1-17-22(25(30)31)24(19-8-6-9-20(16-19)29(33)34)23(18(2)28-17)26(32)35-14-7-12-27-13-15-36-21-10-4-3-5-11-21/h3-6,8-11,16,24,27-28H,7,12-15H2,1-2H3,(H,30,31). The van der Waals surface area contributed by atoms with Crippen LogP contribution in [0, 0.1) is 10.1 Å².